The molecule has 0 radical (unpaired) electrons. The first kappa shape index (κ1) is 21.3. The average Bonchev–Trinajstić information content (AvgIpc) is 2.69. The number of ether oxygens (including phenoxy) is 3. The van der Waals surface area contributed by atoms with E-state index in [1.807, 2.05) is 0 Å². The minimum absolute atomic E-state index is 0.0371. The topological polar surface area (TPSA) is 85.9 Å². The zero-order chi connectivity index (χ0) is 19.8. The van der Waals surface area contributed by atoms with Gasteiger partial charge in [-0.25, -0.2) is 0 Å². The van der Waals surface area contributed by atoms with E-state index in [0.717, 1.165) is 0 Å². The highest BCUT2D eigenvalue weighted by molar-refractivity contribution is 6.32. The molecule has 2 rings (SSSR count). The van der Waals surface area contributed by atoms with Gasteiger partial charge in [0, 0.05) is 37.6 Å². The number of nitrogens with one attached hydrogen (secondary N) is 2. The maximum Gasteiger partial charge on any atom is 0.227 e. The van der Waals surface area contributed by atoms with Crippen molar-refractivity contribution in [2.24, 2.45) is 11.8 Å². The Morgan fingerprint density at radius 2 is 1.59 bits per heavy atom. The molecular weight excluding hydrogens is 372 g/mol. The third-order valence-corrected chi connectivity index (χ3v) is 5.10. The highest BCUT2D eigenvalue weighted by Gasteiger charge is 2.30. The number of carbonyl (C=O) groups is 2. The van der Waals surface area contributed by atoms with Crippen molar-refractivity contribution < 1.29 is 23.8 Å². The number of carbonyl (C=O) groups excluding carboxylic acids is 2. The Morgan fingerprint density at radius 1 is 1.00 bits per heavy atom. The van der Waals surface area contributed by atoms with Gasteiger partial charge in [0.25, 0.3) is 0 Å². The van der Waals surface area contributed by atoms with Crippen LogP contribution in [-0.2, 0) is 14.3 Å². The monoisotopic (exact) mass is 398 g/mol. The van der Waals surface area contributed by atoms with Gasteiger partial charge in [-0.1, -0.05) is 11.6 Å². The van der Waals surface area contributed by atoms with Crippen molar-refractivity contribution in [3.8, 4) is 11.5 Å². The molecule has 1 aliphatic carbocycles. The van der Waals surface area contributed by atoms with E-state index in [1.165, 1.54) is 14.2 Å². The van der Waals surface area contributed by atoms with Crippen molar-refractivity contribution in [1.82, 2.24) is 5.32 Å². The van der Waals surface area contributed by atoms with Crippen LogP contribution in [0.2, 0.25) is 5.02 Å². The first-order valence-corrected chi connectivity index (χ1v) is 9.37. The second kappa shape index (κ2) is 10.4. The first-order valence-electron chi connectivity index (χ1n) is 8.99. The third-order valence-electron chi connectivity index (χ3n) is 4.81. The standard InChI is InChI=1S/C19H27ClN2O5/c1-25-9-8-21-18(23)12-4-6-13(7-5-12)19(24)22-15-11-16(26-2)14(20)10-17(15)27-3/h10-13H,4-9H2,1-3H3,(H,21,23)(H,22,24). The summed E-state index contributed by atoms with van der Waals surface area (Å²) in [5.41, 5.74) is 0.517. The van der Waals surface area contributed by atoms with Gasteiger partial charge in [0.05, 0.1) is 31.5 Å². The molecule has 1 aromatic rings. The van der Waals surface area contributed by atoms with E-state index >= 15 is 0 Å². The lowest BCUT2D eigenvalue weighted by molar-refractivity contribution is -0.128. The van der Waals surface area contributed by atoms with Crippen molar-refractivity contribution in [3.63, 3.8) is 0 Å². The smallest absolute Gasteiger partial charge is 0.227 e. The summed E-state index contributed by atoms with van der Waals surface area (Å²) in [6.45, 7) is 1.00. The third kappa shape index (κ3) is 5.74. The van der Waals surface area contributed by atoms with Gasteiger partial charge in [-0.2, -0.15) is 0 Å². The molecule has 0 aromatic heterocycles. The number of benzene rings is 1. The van der Waals surface area contributed by atoms with Gasteiger partial charge < -0.3 is 24.8 Å². The van der Waals surface area contributed by atoms with Crippen molar-refractivity contribution in [3.05, 3.63) is 17.2 Å². The number of amides is 2. The molecule has 2 amide bonds. The van der Waals surface area contributed by atoms with Crippen LogP contribution < -0.4 is 20.1 Å². The van der Waals surface area contributed by atoms with Gasteiger partial charge in [0.2, 0.25) is 11.8 Å². The second-order valence-electron chi connectivity index (χ2n) is 6.51. The Balaban J connectivity index is 1.92. The summed E-state index contributed by atoms with van der Waals surface area (Å²) in [5, 5.41) is 6.17. The summed E-state index contributed by atoms with van der Waals surface area (Å²) >= 11 is 6.09. The Labute approximate surface area is 164 Å². The lowest BCUT2D eigenvalue weighted by Gasteiger charge is -2.27. The number of rotatable bonds is 8. The van der Waals surface area contributed by atoms with Crippen LogP contribution in [0.15, 0.2) is 12.1 Å². The number of anilines is 1. The summed E-state index contributed by atoms with van der Waals surface area (Å²) in [7, 11) is 4.63. The van der Waals surface area contributed by atoms with E-state index in [0.29, 0.717) is 61.0 Å². The van der Waals surface area contributed by atoms with Crippen molar-refractivity contribution >= 4 is 29.1 Å². The van der Waals surface area contributed by atoms with E-state index in [-0.39, 0.29) is 23.7 Å². The number of methoxy groups -OCH3 is 3. The van der Waals surface area contributed by atoms with E-state index in [2.05, 4.69) is 10.6 Å². The SMILES string of the molecule is COCCNC(=O)C1CCC(C(=O)Nc2cc(OC)c(Cl)cc2OC)CC1. The van der Waals surface area contributed by atoms with Gasteiger partial charge in [-0.3, -0.25) is 9.59 Å². The summed E-state index contributed by atoms with van der Waals surface area (Å²) in [6.07, 6.45) is 2.72. The fourth-order valence-corrected chi connectivity index (χ4v) is 3.46. The fraction of sp³-hybridized carbons (Fsp3) is 0.579. The van der Waals surface area contributed by atoms with Gasteiger partial charge in [-0.15, -0.1) is 0 Å². The molecule has 1 fully saturated rings. The van der Waals surface area contributed by atoms with Crippen LogP contribution in [-0.4, -0.2) is 46.3 Å². The molecule has 7 nitrogen and oxygen atoms in total. The van der Waals surface area contributed by atoms with E-state index in [4.69, 9.17) is 25.8 Å². The predicted molar refractivity (Wildman–Crippen MR) is 104 cm³/mol. The molecule has 1 saturated carbocycles. The number of hydrogen-bond acceptors (Lipinski definition) is 5. The lowest BCUT2D eigenvalue weighted by atomic mass is 9.81. The Bertz CT molecular complexity index is 660. The average molecular weight is 399 g/mol. The van der Waals surface area contributed by atoms with Crippen LogP contribution in [0.3, 0.4) is 0 Å². The Hall–Kier alpha value is -1.99. The second-order valence-corrected chi connectivity index (χ2v) is 6.92. The van der Waals surface area contributed by atoms with Crippen LogP contribution in [0.25, 0.3) is 0 Å². The molecule has 2 N–H and O–H groups in total. The highest BCUT2D eigenvalue weighted by Crippen LogP contribution is 2.37. The first-order chi connectivity index (χ1) is 13.0. The van der Waals surface area contributed by atoms with Crippen LogP contribution in [0.5, 0.6) is 11.5 Å². The van der Waals surface area contributed by atoms with E-state index < -0.39 is 0 Å². The zero-order valence-corrected chi connectivity index (χ0v) is 16.7. The van der Waals surface area contributed by atoms with E-state index in [9.17, 15) is 9.59 Å². The molecule has 0 saturated heterocycles. The predicted octanol–water partition coefficient (Wildman–Crippen LogP) is 2.86. The quantitative estimate of drug-likeness (QED) is 0.657. The summed E-state index contributed by atoms with van der Waals surface area (Å²) in [4.78, 5) is 24.8. The summed E-state index contributed by atoms with van der Waals surface area (Å²) in [6, 6.07) is 3.26. The lowest BCUT2D eigenvalue weighted by Crippen LogP contribution is -2.36. The Kier molecular flexibility index (Phi) is 8.19. The minimum Gasteiger partial charge on any atom is -0.495 e. The molecule has 0 aliphatic heterocycles. The molecule has 1 aliphatic rings. The molecular formula is C19H27ClN2O5. The summed E-state index contributed by atoms with van der Waals surface area (Å²) in [5.74, 6) is 0.700. The maximum atomic E-state index is 12.7. The molecule has 0 atom stereocenters. The normalized spacial score (nSPS) is 19.3. The van der Waals surface area contributed by atoms with Crippen LogP contribution in [0, 0.1) is 11.8 Å². The largest absolute Gasteiger partial charge is 0.495 e. The molecule has 150 valence electrons. The molecule has 0 bridgehead atoms. The zero-order valence-electron chi connectivity index (χ0n) is 16.0. The van der Waals surface area contributed by atoms with Crippen LogP contribution in [0.1, 0.15) is 25.7 Å². The molecule has 0 unspecified atom stereocenters. The molecule has 27 heavy (non-hydrogen) atoms. The van der Waals surface area contributed by atoms with E-state index in [1.54, 1.807) is 19.2 Å². The number of halogens is 1. The van der Waals surface area contributed by atoms with Crippen molar-refractivity contribution in [1.29, 1.82) is 0 Å². The number of hydrogen-bond donors (Lipinski definition) is 2. The minimum atomic E-state index is -0.139. The molecule has 8 heteroatoms. The summed E-state index contributed by atoms with van der Waals surface area (Å²) < 4.78 is 15.4. The van der Waals surface area contributed by atoms with Crippen molar-refractivity contribution in [2.45, 2.75) is 25.7 Å². The van der Waals surface area contributed by atoms with Crippen molar-refractivity contribution in [2.75, 3.05) is 39.8 Å². The van der Waals surface area contributed by atoms with Gasteiger partial charge in [0.1, 0.15) is 11.5 Å². The maximum absolute atomic E-state index is 12.7. The molecule has 0 spiro atoms. The van der Waals surface area contributed by atoms with Gasteiger partial charge in [-0.05, 0) is 25.7 Å². The molecule has 1 aromatic carbocycles. The van der Waals surface area contributed by atoms with Crippen LogP contribution in [0.4, 0.5) is 5.69 Å². The fourth-order valence-electron chi connectivity index (χ4n) is 3.23. The Morgan fingerprint density at radius 3 is 2.15 bits per heavy atom. The highest BCUT2D eigenvalue weighted by atomic mass is 35.5. The molecule has 0 heterocycles. The van der Waals surface area contributed by atoms with Crippen LogP contribution >= 0.6 is 11.6 Å². The van der Waals surface area contributed by atoms with Gasteiger partial charge >= 0.3 is 0 Å². The van der Waals surface area contributed by atoms with Gasteiger partial charge in [0.15, 0.2) is 0 Å².